The summed E-state index contributed by atoms with van der Waals surface area (Å²) in [6.45, 7) is 2.76. The van der Waals surface area contributed by atoms with Crippen molar-refractivity contribution >= 4 is 11.9 Å². The number of hydrogen-bond acceptors (Lipinski definition) is 3. The average Bonchev–Trinajstić information content (AvgIpc) is 3.36. The molecule has 116 valence electrons. The van der Waals surface area contributed by atoms with E-state index in [4.69, 9.17) is 0 Å². The van der Waals surface area contributed by atoms with Crippen molar-refractivity contribution in [3.63, 3.8) is 0 Å². The summed E-state index contributed by atoms with van der Waals surface area (Å²) in [4.78, 5) is 23.5. The predicted octanol–water partition coefficient (Wildman–Crippen LogP) is 1.24. The number of carbonyl (C=O) groups excluding carboxylic acids is 2. The maximum atomic E-state index is 12.0. The van der Waals surface area contributed by atoms with Crippen LogP contribution in [0, 0.1) is 29.6 Å². The van der Waals surface area contributed by atoms with Crippen molar-refractivity contribution in [3.05, 3.63) is 0 Å². The topological polar surface area (TPSA) is 70.2 Å². The number of hydrogen-bond donors (Lipinski definition) is 3. The van der Waals surface area contributed by atoms with Gasteiger partial charge in [-0.3, -0.25) is 10.1 Å². The normalized spacial score (nSPS) is 40.5. The van der Waals surface area contributed by atoms with Crippen LogP contribution in [0.1, 0.15) is 39.0 Å². The van der Waals surface area contributed by atoms with E-state index in [0.29, 0.717) is 0 Å². The molecule has 2 bridgehead atoms. The van der Waals surface area contributed by atoms with Gasteiger partial charge in [0.25, 0.3) is 0 Å². The first kappa shape index (κ1) is 13.6. The molecule has 3 amide bonds. The minimum Gasteiger partial charge on any atom is -0.335 e. The highest BCUT2D eigenvalue weighted by molar-refractivity contribution is 5.96. The first-order valence-corrected chi connectivity index (χ1v) is 8.46. The zero-order chi connectivity index (χ0) is 14.6. The molecule has 0 heterocycles. The fourth-order valence-electron chi connectivity index (χ4n) is 4.67. The zero-order valence-electron chi connectivity index (χ0n) is 12.6. The van der Waals surface area contributed by atoms with Crippen LogP contribution in [0.3, 0.4) is 0 Å². The Hall–Kier alpha value is -1.10. The summed E-state index contributed by atoms with van der Waals surface area (Å²) in [5.74, 6) is 4.46. The molecule has 5 nitrogen and oxygen atoms in total. The van der Waals surface area contributed by atoms with E-state index in [1.165, 1.54) is 19.3 Å². The molecular formula is C16H25N3O2. The number of fused-ring (bicyclic) bond motifs is 5. The third-order valence-corrected chi connectivity index (χ3v) is 6.06. The molecule has 0 aromatic carbocycles. The van der Waals surface area contributed by atoms with Gasteiger partial charge in [-0.1, -0.05) is 0 Å². The Morgan fingerprint density at radius 2 is 1.90 bits per heavy atom. The van der Waals surface area contributed by atoms with E-state index in [-0.39, 0.29) is 24.0 Å². The summed E-state index contributed by atoms with van der Waals surface area (Å²) in [5.41, 5.74) is 0. The Kier molecular flexibility index (Phi) is 3.21. The third kappa shape index (κ3) is 2.68. The van der Waals surface area contributed by atoms with E-state index in [0.717, 1.165) is 49.0 Å². The molecule has 0 saturated heterocycles. The molecule has 4 aliphatic carbocycles. The molecule has 4 aliphatic rings. The molecule has 0 aromatic heterocycles. The molecule has 6 unspecified atom stereocenters. The first-order chi connectivity index (χ1) is 10.1. The van der Waals surface area contributed by atoms with E-state index >= 15 is 0 Å². The van der Waals surface area contributed by atoms with Crippen molar-refractivity contribution in [2.45, 2.75) is 51.1 Å². The third-order valence-electron chi connectivity index (χ3n) is 6.06. The quantitative estimate of drug-likeness (QED) is 0.714. The maximum Gasteiger partial charge on any atom is 0.321 e. The van der Waals surface area contributed by atoms with Crippen molar-refractivity contribution in [2.24, 2.45) is 29.6 Å². The Morgan fingerprint density at radius 1 is 1.10 bits per heavy atom. The van der Waals surface area contributed by atoms with E-state index in [1.54, 1.807) is 0 Å². The number of urea groups is 1. The van der Waals surface area contributed by atoms with Gasteiger partial charge in [0, 0.05) is 6.04 Å². The van der Waals surface area contributed by atoms with Crippen LogP contribution in [0.5, 0.6) is 0 Å². The van der Waals surface area contributed by atoms with Gasteiger partial charge < -0.3 is 10.6 Å². The maximum absolute atomic E-state index is 12.0. The van der Waals surface area contributed by atoms with Crippen LogP contribution in [0.25, 0.3) is 0 Å². The lowest BCUT2D eigenvalue weighted by molar-refractivity contribution is -0.121. The molecule has 4 fully saturated rings. The average molecular weight is 291 g/mol. The smallest absolute Gasteiger partial charge is 0.321 e. The highest BCUT2D eigenvalue weighted by Crippen LogP contribution is 2.67. The van der Waals surface area contributed by atoms with Gasteiger partial charge in [0.1, 0.15) is 0 Å². The molecule has 21 heavy (non-hydrogen) atoms. The fraction of sp³-hybridized carbons (Fsp3) is 0.875. The molecule has 0 aliphatic heterocycles. The van der Waals surface area contributed by atoms with Crippen molar-refractivity contribution in [1.82, 2.24) is 16.0 Å². The van der Waals surface area contributed by atoms with Crippen molar-refractivity contribution in [2.75, 3.05) is 6.54 Å². The Morgan fingerprint density at radius 3 is 2.57 bits per heavy atom. The van der Waals surface area contributed by atoms with Crippen LogP contribution in [0.4, 0.5) is 4.79 Å². The van der Waals surface area contributed by atoms with Crippen LogP contribution >= 0.6 is 0 Å². The lowest BCUT2D eigenvalue weighted by Gasteiger charge is -2.23. The SMILES string of the molecule is CC(NCC1CC2CC1C1CC21)C(=O)NC(=O)NC1CC1. The van der Waals surface area contributed by atoms with Crippen LogP contribution in [-0.4, -0.2) is 30.6 Å². The van der Waals surface area contributed by atoms with Gasteiger partial charge >= 0.3 is 6.03 Å². The summed E-state index contributed by atoms with van der Waals surface area (Å²) in [7, 11) is 0. The van der Waals surface area contributed by atoms with Gasteiger partial charge in [-0.25, -0.2) is 4.79 Å². The lowest BCUT2D eigenvalue weighted by atomic mass is 9.88. The van der Waals surface area contributed by atoms with Crippen molar-refractivity contribution in [1.29, 1.82) is 0 Å². The lowest BCUT2D eigenvalue weighted by Crippen LogP contribution is -2.49. The van der Waals surface area contributed by atoms with Gasteiger partial charge in [-0.15, -0.1) is 0 Å². The molecule has 3 N–H and O–H groups in total. The Balaban J connectivity index is 1.19. The van der Waals surface area contributed by atoms with Crippen LogP contribution in [0.15, 0.2) is 0 Å². The predicted molar refractivity (Wildman–Crippen MR) is 78.5 cm³/mol. The van der Waals surface area contributed by atoms with E-state index < -0.39 is 0 Å². The van der Waals surface area contributed by atoms with Gasteiger partial charge in [0.05, 0.1) is 6.04 Å². The van der Waals surface area contributed by atoms with E-state index in [9.17, 15) is 9.59 Å². The molecule has 4 saturated carbocycles. The van der Waals surface area contributed by atoms with Crippen LogP contribution in [-0.2, 0) is 4.79 Å². The molecule has 6 atom stereocenters. The van der Waals surface area contributed by atoms with Gasteiger partial charge in [-0.2, -0.15) is 0 Å². The second kappa shape index (κ2) is 4.97. The number of rotatable bonds is 5. The Bertz CT molecular complexity index is 462. The minimum absolute atomic E-state index is 0.222. The molecule has 0 spiro atoms. The van der Waals surface area contributed by atoms with E-state index in [1.807, 2.05) is 6.92 Å². The monoisotopic (exact) mass is 291 g/mol. The van der Waals surface area contributed by atoms with Crippen LogP contribution in [0.2, 0.25) is 0 Å². The van der Waals surface area contributed by atoms with Gasteiger partial charge in [0.2, 0.25) is 5.91 Å². The number of amides is 3. The summed E-state index contributed by atoms with van der Waals surface area (Å²) < 4.78 is 0. The van der Waals surface area contributed by atoms with Crippen molar-refractivity contribution < 1.29 is 9.59 Å². The second-order valence-corrected chi connectivity index (χ2v) is 7.59. The largest absolute Gasteiger partial charge is 0.335 e. The summed E-state index contributed by atoms with van der Waals surface area (Å²) in [6, 6.07) is -0.373. The standard InChI is InChI=1S/C16H25N3O2/c1-8(15(20)19-16(21)18-11-2-3-11)17-7-10-4-9-5-12(10)14-6-13(9)14/h8-14,17H,2-7H2,1H3,(H2,18,19,20,21). The second-order valence-electron chi connectivity index (χ2n) is 7.59. The highest BCUT2D eigenvalue weighted by Gasteiger charge is 2.60. The zero-order valence-corrected chi connectivity index (χ0v) is 12.6. The summed E-state index contributed by atoms with van der Waals surface area (Å²) in [5, 5.41) is 8.53. The summed E-state index contributed by atoms with van der Waals surface area (Å²) >= 11 is 0. The molecule has 4 rings (SSSR count). The van der Waals surface area contributed by atoms with Gasteiger partial charge in [0.15, 0.2) is 0 Å². The molecule has 0 aromatic rings. The number of imide groups is 1. The Labute approximate surface area is 125 Å². The van der Waals surface area contributed by atoms with E-state index in [2.05, 4.69) is 16.0 Å². The molecule has 0 radical (unpaired) electrons. The number of carbonyl (C=O) groups is 2. The summed E-state index contributed by atoms with van der Waals surface area (Å²) in [6.07, 6.45) is 6.29. The van der Waals surface area contributed by atoms with Gasteiger partial charge in [-0.05, 0) is 75.2 Å². The molecular weight excluding hydrogens is 266 g/mol. The molecule has 5 heteroatoms. The first-order valence-electron chi connectivity index (χ1n) is 8.46. The highest BCUT2D eigenvalue weighted by atomic mass is 16.2. The number of nitrogens with one attached hydrogen (secondary N) is 3. The van der Waals surface area contributed by atoms with Crippen LogP contribution < -0.4 is 16.0 Å². The minimum atomic E-state index is -0.350. The van der Waals surface area contributed by atoms with Crippen molar-refractivity contribution in [3.8, 4) is 0 Å². The fourth-order valence-corrected chi connectivity index (χ4v) is 4.67.